The second kappa shape index (κ2) is 6.66. The number of nitrogens with one attached hydrogen (secondary N) is 1. The first-order valence-electron chi connectivity index (χ1n) is 7.71. The van der Waals surface area contributed by atoms with Gasteiger partial charge < -0.3 is 5.32 Å². The van der Waals surface area contributed by atoms with Crippen LogP contribution in [0.2, 0.25) is 0 Å². The summed E-state index contributed by atoms with van der Waals surface area (Å²) in [6, 6.07) is 17.6. The second-order valence-electron chi connectivity index (χ2n) is 5.62. The van der Waals surface area contributed by atoms with Crippen LogP contribution in [-0.2, 0) is 7.05 Å². The van der Waals surface area contributed by atoms with Crippen molar-refractivity contribution >= 4 is 5.91 Å². The molecule has 4 nitrogen and oxygen atoms in total. The van der Waals surface area contributed by atoms with Crippen LogP contribution in [0.25, 0.3) is 11.3 Å². The Hall–Kier alpha value is -2.95. The summed E-state index contributed by atoms with van der Waals surface area (Å²) < 4.78 is 15.4. The van der Waals surface area contributed by atoms with Gasteiger partial charge in [-0.25, -0.2) is 4.39 Å². The summed E-state index contributed by atoms with van der Waals surface area (Å²) in [4.78, 5) is 12.5. The van der Waals surface area contributed by atoms with E-state index in [4.69, 9.17) is 0 Å². The number of benzene rings is 2. The fourth-order valence-corrected chi connectivity index (χ4v) is 2.58. The summed E-state index contributed by atoms with van der Waals surface area (Å²) in [7, 11) is 1.67. The minimum atomic E-state index is -0.361. The summed E-state index contributed by atoms with van der Waals surface area (Å²) in [5, 5.41) is 7.20. The topological polar surface area (TPSA) is 46.9 Å². The molecule has 0 saturated heterocycles. The van der Waals surface area contributed by atoms with Gasteiger partial charge in [0.15, 0.2) is 0 Å². The van der Waals surface area contributed by atoms with E-state index in [0.717, 1.165) is 5.56 Å². The molecule has 0 aliphatic heterocycles. The van der Waals surface area contributed by atoms with Crippen molar-refractivity contribution in [2.45, 2.75) is 13.0 Å². The first-order chi connectivity index (χ1) is 11.6. The molecule has 5 heteroatoms. The van der Waals surface area contributed by atoms with E-state index < -0.39 is 0 Å². The number of carbonyl (C=O) groups is 1. The van der Waals surface area contributed by atoms with E-state index in [2.05, 4.69) is 10.4 Å². The van der Waals surface area contributed by atoms with Gasteiger partial charge >= 0.3 is 0 Å². The summed E-state index contributed by atoms with van der Waals surface area (Å²) in [6.45, 7) is 1.92. The summed E-state index contributed by atoms with van der Waals surface area (Å²) in [5.41, 5.74) is 2.22. The fourth-order valence-electron chi connectivity index (χ4n) is 2.58. The van der Waals surface area contributed by atoms with Crippen LogP contribution >= 0.6 is 0 Å². The lowest BCUT2D eigenvalue weighted by molar-refractivity contribution is 0.0930. The Morgan fingerprint density at radius 2 is 1.79 bits per heavy atom. The normalized spacial score (nSPS) is 12.0. The van der Waals surface area contributed by atoms with Crippen LogP contribution in [0.3, 0.4) is 0 Å². The van der Waals surface area contributed by atoms with Crippen molar-refractivity contribution in [1.82, 2.24) is 15.1 Å². The van der Waals surface area contributed by atoms with E-state index in [1.165, 1.54) is 10.7 Å². The zero-order chi connectivity index (χ0) is 17.1. The minimum Gasteiger partial charge on any atom is -0.344 e. The first kappa shape index (κ1) is 15.9. The van der Waals surface area contributed by atoms with E-state index in [9.17, 15) is 9.18 Å². The van der Waals surface area contributed by atoms with E-state index in [1.54, 1.807) is 31.3 Å². The van der Waals surface area contributed by atoms with Crippen molar-refractivity contribution in [1.29, 1.82) is 0 Å². The molecular formula is C19H18FN3O. The Morgan fingerprint density at radius 3 is 2.50 bits per heavy atom. The first-order valence-corrected chi connectivity index (χ1v) is 7.71. The predicted octanol–water partition coefficient (Wildman–Crippen LogP) is 3.72. The summed E-state index contributed by atoms with van der Waals surface area (Å²) in [5.74, 6) is -0.607. The highest BCUT2D eigenvalue weighted by molar-refractivity contribution is 5.94. The highest BCUT2D eigenvalue weighted by Gasteiger charge is 2.18. The van der Waals surface area contributed by atoms with Gasteiger partial charge in [0, 0.05) is 12.6 Å². The van der Waals surface area contributed by atoms with Gasteiger partial charge in [-0.15, -0.1) is 0 Å². The number of rotatable bonds is 4. The summed E-state index contributed by atoms with van der Waals surface area (Å²) >= 11 is 0. The van der Waals surface area contributed by atoms with Gasteiger partial charge in [0.25, 0.3) is 5.91 Å². The van der Waals surface area contributed by atoms with Crippen molar-refractivity contribution in [3.05, 3.63) is 77.7 Å². The smallest absolute Gasteiger partial charge is 0.270 e. The average Bonchev–Trinajstić information content (AvgIpc) is 2.97. The highest BCUT2D eigenvalue weighted by atomic mass is 19.1. The standard InChI is InChI=1S/C19H18FN3O/c1-13(14-8-4-3-5-9-14)21-19(24)18-12-17(22-23(18)2)15-10-6-7-11-16(15)20/h3-13H,1-2H3,(H,21,24). The maximum atomic E-state index is 13.9. The van der Waals surface area contributed by atoms with E-state index in [0.29, 0.717) is 17.0 Å². The molecule has 1 unspecified atom stereocenters. The number of aryl methyl sites for hydroxylation is 1. The van der Waals surface area contributed by atoms with Crippen molar-refractivity contribution in [3.63, 3.8) is 0 Å². The molecule has 2 aromatic carbocycles. The lowest BCUT2D eigenvalue weighted by Gasteiger charge is -2.14. The third-order valence-electron chi connectivity index (χ3n) is 3.91. The van der Waals surface area contributed by atoms with Crippen LogP contribution in [0.5, 0.6) is 0 Å². The second-order valence-corrected chi connectivity index (χ2v) is 5.62. The molecule has 0 spiro atoms. The molecule has 0 fully saturated rings. The van der Waals surface area contributed by atoms with Crippen LogP contribution in [0.15, 0.2) is 60.7 Å². The molecule has 24 heavy (non-hydrogen) atoms. The van der Waals surface area contributed by atoms with Gasteiger partial charge in [0.1, 0.15) is 11.5 Å². The number of aromatic nitrogens is 2. The van der Waals surface area contributed by atoms with Gasteiger partial charge in [0.2, 0.25) is 0 Å². The Kier molecular flexibility index (Phi) is 4.42. The number of halogens is 1. The number of hydrogen-bond donors (Lipinski definition) is 1. The SMILES string of the molecule is CC(NC(=O)c1cc(-c2ccccc2F)nn1C)c1ccccc1. The Labute approximate surface area is 139 Å². The monoisotopic (exact) mass is 323 g/mol. The number of carbonyl (C=O) groups excluding carboxylic acids is 1. The Bertz CT molecular complexity index is 858. The van der Waals surface area contributed by atoms with Crippen molar-refractivity contribution in [2.75, 3.05) is 0 Å². The molecule has 3 aromatic rings. The van der Waals surface area contributed by atoms with Crippen molar-refractivity contribution < 1.29 is 9.18 Å². The van der Waals surface area contributed by atoms with Crippen LogP contribution in [0, 0.1) is 5.82 Å². The average molecular weight is 323 g/mol. The zero-order valence-corrected chi connectivity index (χ0v) is 13.5. The lowest BCUT2D eigenvalue weighted by atomic mass is 10.1. The molecule has 1 N–H and O–H groups in total. The molecule has 0 bridgehead atoms. The minimum absolute atomic E-state index is 0.134. The third-order valence-corrected chi connectivity index (χ3v) is 3.91. The van der Waals surface area contributed by atoms with Crippen LogP contribution in [0.4, 0.5) is 4.39 Å². The molecule has 122 valence electrons. The molecule has 1 atom stereocenters. The van der Waals surface area contributed by atoms with Gasteiger partial charge in [-0.2, -0.15) is 5.10 Å². The highest BCUT2D eigenvalue weighted by Crippen LogP contribution is 2.22. The van der Waals surface area contributed by atoms with Gasteiger partial charge in [-0.05, 0) is 30.7 Å². The summed E-state index contributed by atoms with van der Waals surface area (Å²) in [6.07, 6.45) is 0. The molecule has 0 saturated carbocycles. The zero-order valence-electron chi connectivity index (χ0n) is 13.5. The Balaban J connectivity index is 1.82. The maximum Gasteiger partial charge on any atom is 0.270 e. The van der Waals surface area contributed by atoms with Crippen molar-refractivity contribution in [3.8, 4) is 11.3 Å². The molecule has 0 radical (unpaired) electrons. The fraction of sp³-hybridized carbons (Fsp3) is 0.158. The lowest BCUT2D eigenvalue weighted by Crippen LogP contribution is -2.28. The van der Waals surface area contributed by atoms with E-state index in [-0.39, 0.29) is 17.8 Å². The van der Waals surface area contributed by atoms with E-state index in [1.807, 2.05) is 37.3 Å². The molecule has 3 rings (SSSR count). The quantitative estimate of drug-likeness (QED) is 0.795. The number of nitrogens with zero attached hydrogens (tertiary/aromatic N) is 2. The molecule has 1 heterocycles. The number of hydrogen-bond acceptors (Lipinski definition) is 2. The van der Waals surface area contributed by atoms with Gasteiger partial charge in [-0.3, -0.25) is 9.48 Å². The Morgan fingerprint density at radius 1 is 1.12 bits per heavy atom. The van der Waals surface area contributed by atoms with Gasteiger partial charge in [0.05, 0.1) is 11.7 Å². The molecule has 1 amide bonds. The largest absolute Gasteiger partial charge is 0.344 e. The maximum absolute atomic E-state index is 13.9. The van der Waals surface area contributed by atoms with Crippen LogP contribution in [0.1, 0.15) is 29.0 Å². The molecule has 0 aliphatic rings. The predicted molar refractivity (Wildman–Crippen MR) is 90.9 cm³/mol. The van der Waals surface area contributed by atoms with Crippen molar-refractivity contribution in [2.24, 2.45) is 7.05 Å². The molecular weight excluding hydrogens is 305 g/mol. The third kappa shape index (κ3) is 3.20. The van der Waals surface area contributed by atoms with E-state index >= 15 is 0 Å². The van der Waals surface area contributed by atoms with Gasteiger partial charge in [-0.1, -0.05) is 42.5 Å². The van der Waals surface area contributed by atoms with Crippen LogP contribution in [-0.4, -0.2) is 15.7 Å². The molecule has 1 aromatic heterocycles. The van der Waals surface area contributed by atoms with Crippen LogP contribution < -0.4 is 5.32 Å². The molecule has 0 aliphatic carbocycles. The number of amides is 1.